The van der Waals surface area contributed by atoms with Crippen molar-refractivity contribution in [2.45, 2.75) is 32.2 Å². The number of hydrogen-bond acceptors (Lipinski definition) is 3. The summed E-state index contributed by atoms with van der Waals surface area (Å²) in [5.74, 6) is 1.27. The van der Waals surface area contributed by atoms with Crippen molar-refractivity contribution in [3.8, 4) is 0 Å². The molecule has 16 heavy (non-hydrogen) atoms. The molecule has 0 aliphatic carbocycles. The Balaban J connectivity index is 1.80. The minimum Gasteiger partial charge on any atom is -0.362 e. The highest BCUT2D eigenvalue weighted by atomic mass is 32.2. The first-order valence-corrected chi connectivity index (χ1v) is 6.96. The van der Waals surface area contributed by atoms with Gasteiger partial charge in [-0.15, -0.1) is 0 Å². The molecule has 0 saturated carbocycles. The zero-order valence-corrected chi connectivity index (χ0v) is 10.6. The van der Waals surface area contributed by atoms with Gasteiger partial charge in [0.15, 0.2) is 5.17 Å². The SMILES string of the molecule is CC1CCSC(=NCC(=O)N2CCCC2)N1. The van der Waals surface area contributed by atoms with Crippen LogP contribution in [0.2, 0.25) is 0 Å². The average molecular weight is 241 g/mol. The van der Waals surface area contributed by atoms with E-state index in [4.69, 9.17) is 0 Å². The summed E-state index contributed by atoms with van der Waals surface area (Å²) in [4.78, 5) is 18.0. The third-order valence-corrected chi connectivity index (χ3v) is 3.94. The van der Waals surface area contributed by atoms with Crippen molar-refractivity contribution in [3.63, 3.8) is 0 Å². The van der Waals surface area contributed by atoms with Crippen LogP contribution in [0, 0.1) is 0 Å². The molecule has 2 aliphatic rings. The second-order valence-electron chi connectivity index (χ2n) is 4.39. The van der Waals surface area contributed by atoms with E-state index in [-0.39, 0.29) is 5.91 Å². The highest BCUT2D eigenvalue weighted by Crippen LogP contribution is 2.13. The molecule has 90 valence electrons. The van der Waals surface area contributed by atoms with E-state index in [2.05, 4.69) is 17.2 Å². The first kappa shape index (κ1) is 11.8. The molecule has 0 spiro atoms. The Morgan fingerprint density at radius 1 is 1.56 bits per heavy atom. The molecule has 1 amide bonds. The Morgan fingerprint density at radius 3 is 3.00 bits per heavy atom. The zero-order chi connectivity index (χ0) is 11.4. The summed E-state index contributed by atoms with van der Waals surface area (Å²) in [6.45, 7) is 4.29. The first-order chi connectivity index (χ1) is 7.75. The van der Waals surface area contributed by atoms with E-state index < -0.39 is 0 Å². The molecule has 0 aromatic carbocycles. The topological polar surface area (TPSA) is 44.7 Å². The summed E-state index contributed by atoms with van der Waals surface area (Å²) in [6, 6.07) is 0.488. The van der Waals surface area contributed by atoms with Gasteiger partial charge in [-0.1, -0.05) is 11.8 Å². The highest BCUT2D eigenvalue weighted by Gasteiger charge is 2.18. The molecule has 1 unspecified atom stereocenters. The molecule has 0 aromatic heterocycles. The van der Waals surface area contributed by atoms with Crippen molar-refractivity contribution in [1.29, 1.82) is 0 Å². The van der Waals surface area contributed by atoms with E-state index in [9.17, 15) is 4.79 Å². The normalized spacial score (nSPS) is 28.2. The van der Waals surface area contributed by atoms with Crippen molar-refractivity contribution >= 4 is 22.8 Å². The van der Waals surface area contributed by atoms with Crippen molar-refractivity contribution < 1.29 is 4.79 Å². The van der Waals surface area contributed by atoms with Crippen molar-refractivity contribution in [2.75, 3.05) is 25.4 Å². The maximum Gasteiger partial charge on any atom is 0.244 e. The molecule has 0 radical (unpaired) electrons. The summed E-state index contributed by atoms with van der Waals surface area (Å²) in [5.41, 5.74) is 0. The van der Waals surface area contributed by atoms with Gasteiger partial charge in [-0.3, -0.25) is 9.79 Å². The van der Waals surface area contributed by atoms with Gasteiger partial charge < -0.3 is 10.2 Å². The van der Waals surface area contributed by atoms with E-state index >= 15 is 0 Å². The predicted molar refractivity (Wildman–Crippen MR) is 67.8 cm³/mol. The van der Waals surface area contributed by atoms with Gasteiger partial charge in [0.25, 0.3) is 0 Å². The minimum atomic E-state index is 0.172. The summed E-state index contributed by atoms with van der Waals surface area (Å²) in [5, 5.41) is 4.24. The van der Waals surface area contributed by atoms with Crippen LogP contribution in [0.1, 0.15) is 26.2 Å². The van der Waals surface area contributed by atoms with Crippen LogP contribution in [-0.4, -0.2) is 47.4 Å². The van der Waals surface area contributed by atoms with Gasteiger partial charge in [-0.2, -0.15) is 0 Å². The standard InChI is InChI=1S/C11H19N3OS/c1-9-4-7-16-11(13-9)12-8-10(15)14-5-2-3-6-14/h9H,2-8H2,1H3,(H,12,13). The zero-order valence-electron chi connectivity index (χ0n) is 9.74. The van der Waals surface area contributed by atoms with E-state index in [1.54, 1.807) is 11.8 Å². The molecule has 2 fully saturated rings. The molecule has 1 atom stereocenters. The van der Waals surface area contributed by atoms with Crippen molar-refractivity contribution in [1.82, 2.24) is 10.2 Å². The molecule has 0 bridgehead atoms. The number of amides is 1. The Morgan fingerprint density at radius 2 is 2.31 bits per heavy atom. The van der Waals surface area contributed by atoms with Gasteiger partial charge in [0.1, 0.15) is 6.54 Å². The average Bonchev–Trinajstić information content (AvgIpc) is 2.79. The lowest BCUT2D eigenvalue weighted by Gasteiger charge is -2.22. The van der Waals surface area contributed by atoms with Crippen LogP contribution in [0.3, 0.4) is 0 Å². The van der Waals surface area contributed by atoms with Gasteiger partial charge in [0.05, 0.1) is 0 Å². The van der Waals surface area contributed by atoms with Crippen LogP contribution >= 0.6 is 11.8 Å². The first-order valence-electron chi connectivity index (χ1n) is 5.97. The van der Waals surface area contributed by atoms with Crippen LogP contribution in [0.4, 0.5) is 0 Å². The number of nitrogens with one attached hydrogen (secondary N) is 1. The number of hydrogen-bond donors (Lipinski definition) is 1. The van der Waals surface area contributed by atoms with E-state index in [0.29, 0.717) is 12.6 Å². The van der Waals surface area contributed by atoms with Crippen LogP contribution in [0.5, 0.6) is 0 Å². The Kier molecular flexibility index (Phi) is 4.09. The van der Waals surface area contributed by atoms with Gasteiger partial charge in [-0.05, 0) is 26.2 Å². The molecule has 5 heteroatoms. The van der Waals surface area contributed by atoms with Crippen LogP contribution in [-0.2, 0) is 4.79 Å². The molecule has 2 saturated heterocycles. The minimum absolute atomic E-state index is 0.172. The third-order valence-electron chi connectivity index (χ3n) is 2.98. The summed E-state index contributed by atoms with van der Waals surface area (Å²) in [7, 11) is 0. The number of carbonyl (C=O) groups excluding carboxylic acids is 1. The second kappa shape index (κ2) is 5.57. The van der Waals surface area contributed by atoms with Gasteiger partial charge in [0.2, 0.25) is 5.91 Å². The maximum atomic E-state index is 11.8. The number of likely N-dealkylation sites (tertiary alicyclic amines) is 1. The molecule has 4 nitrogen and oxygen atoms in total. The second-order valence-corrected chi connectivity index (χ2v) is 5.48. The fourth-order valence-electron chi connectivity index (χ4n) is 1.95. The van der Waals surface area contributed by atoms with Crippen LogP contribution in [0.15, 0.2) is 4.99 Å². The number of carbonyl (C=O) groups is 1. The fraction of sp³-hybridized carbons (Fsp3) is 0.818. The van der Waals surface area contributed by atoms with Gasteiger partial charge >= 0.3 is 0 Å². The molecular weight excluding hydrogens is 222 g/mol. The van der Waals surface area contributed by atoms with Crippen molar-refractivity contribution in [2.24, 2.45) is 4.99 Å². The monoisotopic (exact) mass is 241 g/mol. The quantitative estimate of drug-likeness (QED) is 0.787. The summed E-state index contributed by atoms with van der Waals surface area (Å²) < 4.78 is 0. The molecule has 2 aliphatic heterocycles. The van der Waals surface area contributed by atoms with Crippen LogP contribution in [0.25, 0.3) is 0 Å². The van der Waals surface area contributed by atoms with E-state index in [1.807, 2.05) is 4.90 Å². The Bertz CT molecular complexity index is 287. The molecule has 2 rings (SSSR count). The number of nitrogens with zero attached hydrogens (tertiary/aromatic N) is 2. The Labute approximate surface area is 101 Å². The number of rotatable bonds is 2. The maximum absolute atomic E-state index is 11.8. The molecular formula is C11H19N3OS. The van der Waals surface area contributed by atoms with Gasteiger partial charge in [-0.25, -0.2) is 0 Å². The summed E-state index contributed by atoms with van der Waals surface area (Å²) in [6.07, 6.45) is 3.46. The summed E-state index contributed by atoms with van der Waals surface area (Å²) >= 11 is 1.72. The lowest BCUT2D eigenvalue weighted by molar-refractivity contribution is -0.128. The smallest absolute Gasteiger partial charge is 0.244 e. The third kappa shape index (κ3) is 3.14. The van der Waals surface area contributed by atoms with Crippen molar-refractivity contribution in [3.05, 3.63) is 0 Å². The van der Waals surface area contributed by atoms with Gasteiger partial charge in [0, 0.05) is 24.9 Å². The lowest BCUT2D eigenvalue weighted by Crippen LogP contribution is -2.36. The molecule has 1 N–H and O–H groups in total. The predicted octanol–water partition coefficient (Wildman–Crippen LogP) is 1.08. The number of amidine groups is 1. The van der Waals surface area contributed by atoms with E-state index in [1.165, 1.54) is 6.42 Å². The lowest BCUT2D eigenvalue weighted by atomic mass is 10.3. The molecule has 0 aromatic rings. The largest absolute Gasteiger partial charge is 0.362 e. The fourth-order valence-corrected chi connectivity index (χ4v) is 3.06. The Hall–Kier alpha value is -0.710. The van der Waals surface area contributed by atoms with E-state index in [0.717, 1.165) is 36.9 Å². The van der Waals surface area contributed by atoms with Crippen LogP contribution < -0.4 is 5.32 Å². The number of aliphatic imine (C=N–C) groups is 1. The molecule has 2 heterocycles. The number of thioether (sulfide) groups is 1. The highest BCUT2D eigenvalue weighted by molar-refractivity contribution is 8.13.